The Morgan fingerprint density at radius 1 is 0.300 bits per heavy atom. The van der Waals surface area contributed by atoms with Crippen LogP contribution >= 0.6 is 0 Å². The van der Waals surface area contributed by atoms with Gasteiger partial charge < -0.3 is 4.57 Å². The normalized spacial score (nSPS) is 13.0. The molecular weight excluding hydrogens is 723 g/mol. The Labute approximate surface area is 350 Å². The zero-order valence-corrected chi connectivity index (χ0v) is 33.7. The van der Waals surface area contributed by atoms with Gasteiger partial charge in [-0.2, -0.15) is 0 Å². The molecule has 0 amide bonds. The number of hydrogen-bond acceptors (Lipinski definition) is 0. The molecule has 0 saturated heterocycles. The monoisotopic (exact) mass is 763 g/mol. The fraction of sp³-hybridized carbons (Fsp3) is 0.0508. The Bertz CT molecular complexity index is 3340. The van der Waals surface area contributed by atoms with Crippen LogP contribution < -0.4 is 0 Å². The van der Waals surface area contributed by atoms with Crippen LogP contribution in [0.3, 0.4) is 0 Å². The molecule has 1 nitrogen and oxygen atoms in total. The maximum atomic E-state index is 2.49. The number of fused-ring (bicyclic) bond motifs is 8. The van der Waals surface area contributed by atoms with Gasteiger partial charge in [0.05, 0.1) is 11.0 Å². The molecule has 12 rings (SSSR count). The molecule has 11 aromatic rings. The van der Waals surface area contributed by atoms with E-state index in [1.54, 1.807) is 0 Å². The Morgan fingerprint density at radius 2 is 0.750 bits per heavy atom. The molecule has 0 unspecified atom stereocenters. The van der Waals surface area contributed by atoms with Crippen LogP contribution in [0.1, 0.15) is 25.0 Å². The molecule has 0 saturated carbocycles. The standard InChI is InChI=1S/C59H41N/c1-59(2)55-36-43(40-24-22-39(23-25-40)38-12-4-3-5-13-38)26-30-51(55)52-31-29-46(37-56(52)59)60-57-32-27-44(49-20-10-16-41-14-6-8-18-47(41)49)34-53(57)54-35-45(28-33-58(54)60)50-21-11-17-42-15-7-9-19-48(42)50/h3-37H,1-2H3. The lowest BCUT2D eigenvalue weighted by molar-refractivity contribution is 0.660. The highest BCUT2D eigenvalue weighted by Crippen LogP contribution is 2.51. The van der Waals surface area contributed by atoms with Crippen molar-refractivity contribution in [3.63, 3.8) is 0 Å². The van der Waals surface area contributed by atoms with Gasteiger partial charge in [-0.25, -0.2) is 0 Å². The van der Waals surface area contributed by atoms with Gasteiger partial charge in [-0.05, 0) is 131 Å². The van der Waals surface area contributed by atoms with Crippen LogP contribution in [-0.4, -0.2) is 4.57 Å². The van der Waals surface area contributed by atoms with Crippen molar-refractivity contribution in [1.82, 2.24) is 4.57 Å². The Morgan fingerprint density at radius 3 is 1.35 bits per heavy atom. The van der Waals surface area contributed by atoms with Crippen molar-refractivity contribution < 1.29 is 0 Å². The van der Waals surface area contributed by atoms with E-state index in [0.717, 1.165) is 0 Å². The molecule has 0 atom stereocenters. The van der Waals surface area contributed by atoms with Crippen molar-refractivity contribution in [2.24, 2.45) is 0 Å². The molecule has 1 aliphatic carbocycles. The van der Waals surface area contributed by atoms with Gasteiger partial charge in [-0.1, -0.05) is 184 Å². The minimum Gasteiger partial charge on any atom is -0.309 e. The topological polar surface area (TPSA) is 4.93 Å². The summed E-state index contributed by atoms with van der Waals surface area (Å²) < 4.78 is 2.49. The summed E-state index contributed by atoms with van der Waals surface area (Å²) in [5.41, 5.74) is 18.7. The van der Waals surface area contributed by atoms with Crippen molar-refractivity contribution in [1.29, 1.82) is 0 Å². The Balaban J connectivity index is 1.00. The first-order valence-corrected chi connectivity index (χ1v) is 21.0. The maximum Gasteiger partial charge on any atom is 0.0541 e. The van der Waals surface area contributed by atoms with Crippen LogP contribution in [-0.2, 0) is 5.41 Å². The lowest BCUT2D eigenvalue weighted by Crippen LogP contribution is -2.15. The van der Waals surface area contributed by atoms with E-state index in [-0.39, 0.29) is 5.41 Å². The summed E-state index contributed by atoms with van der Waals surface area (Å²) in [6.07, 6.45) is 0. The number of rotatable bonds is 5. The summed E-state index contributed by atoms with van der Waals surface area (Å²) in [6.45, 7) is 4.78. The van der Waals surface area contributed by atoms with Gasteiger partial charge in [0.1, 0.15) is 0 Å². The minimum absolute atomic E-state index is 0.178. The summed E-state index contributed by atoms with van der Waals surface area (Å²) in [7, 11) is 0. The highest BCUT2D eigenvalue weighted by atomic mass is 15.0. The number of benzene rings is 10. The van der Waals surface area contributed by atoms with Crippen LogP contribution in [0.4, 0.5) is 0 Å². The van der Waals surface area contributed by atoms with E-state index in [0.29, 0.717) is 0 Å². The van der Waals surface area contributed by atoms with Gasteiger partial charge in [0.25, 0.3) is 0 Å². The predicted molar refractivity (Wildman–Crippen MR) is 255 cm³/mol. The van der Waals surface area contributed by atoms with Gasteiger partial charge in [0.15, 0.2) is 0 Å². The second-order valence-electron chi connectivity index (χ2n) is 16.9. The first-order valence-electron chi connectivity index (χ1n) is 21.0. The molecule has 0 spiro atoms. The first-order chi connectivity index (χ1) is 29.5. The first kappa shape index (κ1) is 34.6. The molecule has 1 aromatic heterocycles. The molecule has 1 heterocycles. The van der Waals surface area contributed by atoms with Crippen LogP contribution in [0, 0.1) is 0 Å². The van der Waals surface area contributed by atoms with Crippen LogP contribution in [0.15, 0.2) is 212 Å². The average Bonchev–Trinajstić information content (AvgIpc) is 3.75. The summed E-state index contributed by atoms with van der Waals surface area (Å²) in [5, 5.41) is 7.56. The third kappa shape index (κ3) is 5.33. The molecule has 0 fully saturated rings. The molecule has 0 radical (unpaired) electrons. The SMILES string of the molecule is CC1(C)c2cc(-c3ccc(-c4ccccc4)cc3)ccc2-c2ccc(-n3c4ccc(-c5cccc6ccccc56)cc4c4cc(-c5cccc6ccccc56)ccc43)cc21. The Hall–Kier alpha value is -7.48. The van der Waals surface area contributed by atoms with Gasteiger partial charge in [-0.15, -0.1) is 0 Å². The van der Waals surface area contributed by atoms with Crippen molar-refractivity contribution in [3.8, 4) is 61.3 Å². The van der Waals surface area contributed by atoms with Gasteiger partial charge in [0.2, 0.25) is 0 Å². The lowest BCUT2D eigenvalue weighted by atomic mass is 9.81. The van der Waals surface area contributed by atoms with E-state index in [9.17, 15) is 0 Å². The zero-order chi connectivity index (χ0) is 40.0. The van der Waals surface area contributed by atoms with Gasteiger partial charge in [-0.3, -0.25) is 0 Å². The maximum absolute atomic E-state index is 2.49. The van der Waals surface area contributed by atoms with E-state index in [1.165, 1.54) is 116 Å². The lowest BCUT2D eigenvalue weighted by Gasteiger charge is -2.23. The smallest absolute Gasteiger partial charge is 0.0541 e. The summed E-state index contributed by atoms with van der Waals surface area (Å²) in [5.74, 6) is 0. The van der Waals surface area contributed by atoms with E-state index >= 15 is 0 Å². The second-order valence-corrected chi connectivity index (χ2v) is 16.9. The summed E-state index contributed by atoms with van der Waals surface area (Å²) in [4.78, 5) is 0. The number of nitrogens with zero attached hydrogens (tertiary/aromatic N) is 1. The number of hydrogen-bond donors (Lipinski definition) is 0. The van der Waals surface area contributed by atoms with Crippen LogP contribution in [0.5, 0.6) is 0 Å². The summed E-state index contributed by atoms with van der Waals surface area (Å²) in [6, 6.07) is 78.7. The zero-order valence-electron chi connectivity index (χ0n) is 33.7. The predicted octanol–water partition coefficient (Wildman–Crippen LogP) is 16.1. The average molecular weight is 764 g/mol. The van der Waals surface area contributed by atoms with E-state index < -0.39 is 0 Å². The van der Waals surface area contributed by atoms with Crippen molar-refractivity contribution in [2.75, 3.05) is 0 Å². The molecule has 0 N–H and O–H groups in total. The van der Waals surface area contributed by atoms with Gasteiger partial charge >= 0.3 is 0 Å². The highest BCUT2D eigenvalue weighted by molar-refractivity contribution is 6.13. The molecule has 282 valence electrons. The molecular formula is C59H41N. The molecule has 1 aliphatic rings. The van der Waals surface area contributed by atoms with Crippen molar-refractivity contribution in [2.45, 2.75) is 19.3 Å². The van der Waals surface area contributed by atoms with Crippen molar-refractivity contribution >= 4 is 43.4 Å². The van der Waals surface area contributed by atoms with Crippen molar-refractivity contribution in [3.05, 3.63) is 223 Å². The third-order valence-electron chi connectivity index (χ3n) is 13.2. The molecule has 1 heteroatoms. The van der Waals surface area contributed by atoms with E-state index in [2.05, 4.69) is 231 Å². The second kappa shape index (κ2) is 13.3. The summed E-state index contributed by atoms with van der Waals surface area (Å²) >= 11 is 0. The van der Waals surface area contributed by atoms with E-state index in [4.69, 9.17) is 0 Å². The van der Waals surface area contributed by atoms with E-state index in [1.807, 2.05) is 0 Å². The molecule has 0 bridgehead atoms. The third-order valence-corrected chi connectivity index (χ3v) is 13.2. The fourth-order valence-corrected chi connectivity index (χ4v) is 10.1. The largest absolute Gasteiger partial charge is 0.309 e. The van der Waals surface area contributed by atoms with Crippen LogP contribution in [0.25, 0.3) is 105 Å². The Kier molecular flexibility index (Phi) is 7.65. The van der Waals surface area contributed by atoms with Gasteiger partial charge in [0, 0.05) is 21.9 Å². The molecule has 0 aliphatic heterocycles. The highest BCUT2D eigenvalue weighted by Gasteiger charge is 2.36. The van der Waals surface area contributed by atoms with Crippen LogP contribution in [0.2, 0.25) is 0 Å². The number of aromatic nitrogens is 1. The quantitative estimate of drug-likeness (QED) is 0.165. The fourth-order valence-electron chi connectivity index (χ4n) is 10.1. The minimum atomic E-state index is -0.178. The molecule has 10 aromatic carbocycles. The molecule has 60 heavy (non-hydrogen) atoms.